The Morgan fingerprint density at radius 1 is 1.11 bits per heavy atom. The quantitative estimate of drug-likeness (QED) is 0.514. The highest BCUT2D eigenvalue weighted by atomic mass is 79.9. The van der Waals surface area contributed by atoms with Crippen LogP contribution in [0.15, 0.2) is 60.0 Å². The third-order valence-electron chi connectivity index (χ3n) is 5.92. The van der Waals surface area contributed by atoms with Crippen LogP contribution in [0, 0.1) is 0 Å². The summed E-state index contributed by atoms with van der Waals surface area (Å²) in [6.07, 6.45) is -1.79. The molecule has 2 aromatic rings. The van der Waals surface area contributed by atoms with E-state index in [1.54, 1.807) is 24.4 Å². The van der Waals surface area contributed by atoms with Crippen LogP contribution < -0.4 is 10.1 Å². The molecule has 0 saturated heterocycles. The number of ether oxygens (including phenoxy) is 2. The van der Waals surface area contributed by atoms with Gasteiger partial charge in [0.1, 0.15) is 11.3 Å². The smallest absolute Gasteiger partial charge is 0.415 e. The van der Waals surface area contributed by atoms with Crippen LogP contribution in [-0.4, -0.2) is 41.6 Å². The van der Waals surface area contributed by atoms with Crippen LogP contribution >= 0.6 is 15.9 Å². The van der Waals surface area contributed by atoms with E-state index in [-0.39, 0.29) is 23.2 Å². The SMILES string of the molecule is COC1=C(C(=O)O)C(c2ccc(OC)cc2)=C(c2cccc3c2CNC=C3)C(Br)(C(F)(F)F)C1=O. The normalized spacial score (nSPS) is 19.9. The number of carboxylic acids is 1. The summed E-state index contributed by atoms with van der Waals surface area (Å²) in [7, 11) is 2.39. The van der Waals surface area contributed by atoms with E-state index in [4.69, 9.17) is 9.47 Å². The molecule has 1 unspecified atom stereocenters. The van der Waals surface area contributed by atoms with Crippen LogP contribution in [0.25, 0.3) is 17.2 Å². The summed E-state index contributed by atoms with van der Waals surface area (Å²) >= 11 is 2.73. The molecule has 1 atom stereocenters. The molecule has 182 valence electrons. The van der Waals surface area contributed by atoms with E-state index in [1.165, 1.54) is 37.4 Å². The number of nitrogens with one attached hydrogen (secondary N) is 1. The van der Waals surface area contributed by atoms with Crippen molar-refractivity contribution in [1.29, 1.82) is 0 Å². The van der Waals surface area contributed by atoms with E-state index in [0.29, 0.717) is 16.9 Å². The Bertz CT molecular complexity index is 1310. The van der Waals surface area contributed by atoms with Crippen molar-refractivity contribution in [3.05, 3.63) is 82.3 Å². The van der Waals surface area contributed by atoms with Crippen molar-refractivity contribution in [2.75, 3.05) is 14.2 Å². The van der Waals surface area contributed by atoms with Gasteiger partial charge in [-0.1, -0.05) is 46.3 Å². The van der Waals surface area contributed by atoms with Crippen molar-refractivity contribution in [2.45, 2.75) is 17.0 Å². The minimum absolute atomic E-state index is 0.0848. The molecule has 0 saturated carbocycles. The van der Waals surface area contributed by atoms with E-state index in [9.17, 15) is 27.9 Å². The van der Waals surface area contributed by atoms with Gasteiger partial charge in [0.05, 0.1) is 14.2 Å². The molecule has 0 aromatic heterocycles. The number of hydrogen-bond donors (Lipinski definition) is 2. The molecule has 2 aliphatic rings. The molecule has 10 heteroatoms. The highest BCUT2D eigenvalue weighted by molar-refractivity contribution is 9.10. The molecular formula is C25H19BrF3NO5. The maximum atomic E-state index is 14.8. The van der Waals surface area contributed by atoms with Gasteiger partial charge in [0.15, 0.2) is 5.76 Å². The topological polar surface area (TPSA) is 84.9 Å². The Hall–Kier alpha value is -3.53. The van der Waals surface area contributed by atoms with Gasteiger partial charge in [0.2, 0.25) is 10.1 Å². The van der Waals surface area contributed by atoms with Gasteiger partial charge in [-0.05, 0) is 46.7 Å². The lowest BCUT2D eigenvalue weighted by Crippen LogP contribution is -2.51. The minimum atomic E-state index is -5.15. The number of allylic oxidation sites excluding steroid dienone is 2. The third kappa shape index (κ3) is 3.81. The fourth-order valence-corrected chi connectivity index (χ4v) is 4.92. The largest absolute Gasteiger partial charge is 0.497 e. The number of halogens is 4. The molecule has 1 aliphatic carbocycles. The Kier molecular flexibility index (Phi) is 6.27. The molecule has 0 amide bonds. The average molecular weight is 550 g/mol. The number of hydrogen-bond acceptors (Lipinski definition) is 5. The highest BCUT2D eigenvalue weighted by Crippen LogP contribution is 2.57. The lowest BCUT2D eigenvalue weighted by molar-refractivity contribution is -0.158. The molecule has 4 rings (SSSR count). The summed E-state index contributed by atoms with van der Waals surface area (Å²) in [5.74, 6) is -3.63. The van der Waals surface area contributed by atoms with Crippen LogP contribution in [-0.2, 0) is 20.9 Å². The summed E-state index contributed by atoms with van der Waals surface area (Å²) < 4.78 is 51.3. The Morgan fingerprint density at radius 2 is 1.80 bits per heavy atom. The minimum Gasteiger partial charge on any atom is -0.497 e. The fourth-order valence-electron chi connectivity index (χ4n) is 4.33. The maximum absolute atomic E-state index is 14.8. The van der Waals surface area contributed by atoms with Crippen molar-refractivity contribution in [3.8, 4) is 5.75 Å². The fraction of sp³-hybridized carbons (Fsp3) is 0.200. The Balaban J connectivity index is 2.23. The molecule has 0 fully saturated rings. The van der Waals surface area contributed by atoms with Crippen molar-refractivity contribution < 1.29 is 37.3 Å². The number of methoxy groups -OCH3 is 2. The van der Waals surface area contributed by atoms with Crippen molar-refractivity contribution in [2.24, 2.45) is 0 Å². The summed E-state index contributed by atoms with van der Waals surface area (Å²) in [5, 5.41) is 13.1. The van der Waals surface area contributed by atoms with E-state index >= 15 is 0 Å². The van der Waals surface area contributed by atoms with Gasteiger partial charge in [0.25, 0.3) is 0 Å². The van der Waals surface area contributed by atoms with Gasteiger partial charge in [0, 0.05) is 17.7 Å². The molecule has 2 N–H and O–H groups in total. The Morgan fingerprint density at radius 3 is 2.37 bits per heavy atom. The number of ketones is 1. The van der Waals surface area contributed by atoms with Gasteiger partial charge >= 0.3 is 12.1 Å². The van der Waals surface area contributed by atoms with Gasteiger partial charge in [-0.3, -0.25) is 4.79 Å². The molecule has 6 nitrogen and oxygen atoms in total. The molecule has 0 radical (unpaired) electrons. The second kappa shape index (κ2) is 8.92. The number of carbonyl (C=O) groups excluding carboxylic acids is 1. The molecule has 1 heterocycles. The summed E-state index contributed by atoms with van der Waals surface area (Å²) in [6, 6.07) is 10.6. The van der Waals surface area contributed by atoms with Crippen molar-refractivity contribution in [1.82, 2.24) is 5.32 Å². The zero-order valence-corrected chi connectivity index (χ0v) is 20.1. The first kappa shape index (κ1) is 24.6. The second-order valence-corrected chi connectivity index (χ2v) is 8.95. The average Bonchev–Trinajstić information content (AvgIpc) is 2.84. The van der Waals surface area contributed by atoms with Gasteiger partial charge in [-0.15, -0.1) is 0 Å². The summed E-state index contributed by atoms with van der Waals surface area (Å²) in [6.45, 7) is 0.180. The lowest BCUT2D eigenvalue weighted by atomic mass is 9.73. The first-order valence-electron chi connectivity index (χ1n) is 10.3. The number of benzene rings is 2. The van der Waals surface area contributed by atoms with Gasteiger partial charge in [-0.25, -0.2) is 4.79 Å². The zero-order valence-electron chi connectivity index (χ0n) is 18.5. The summed E-state index contributed by atoms with van der Waals surface area (Å²) in [5.41, 5.74) is -0.102. The molecular weight excluding hydrogens is 531 g/mol. The van der Waals surface area contributed by atoms with Gasteiger partial charge in [-0.2, -0.15) is 13.2 Å². The van der Waals surface area contributed by atoms with E-state index in [2.05, 4.69) is 21.2 Å². The van der Waals surface area contributed by atoms with Crippen molar-refractivity contribution in [3.63, 3.8) is 0 Å². The highest BCUT2D eigenvalue weighted by Gasteiger charge is 2.66. The number of carboxylic acid groups (broad SMARTS) is 1. The Labute approximate surface area is 206 Å². The van der Waals surface area contributed by atoms with Crippen LogP contribution in [0.2, 0.25) is 0 Å². The maximum Gasteiger partial charge on any atom is 0.415 e. The standard InChI is InChI=1S/C25H19BrF3NO5/c1-34-15-8-6-14(7-9-15)18-19(23(32)33)21(35-2)22(31)24(26,25(27,28)29)20(18)16-5-3-4-13-10-11-30-12-17(13)16/h3-11,30H,12H2,1-2H3,(H,32,33). The number of carbonyl (C=O) groups is 2. The number of aliphatic carboxylic acids is 1. The molecule has 2 aromatic carbocycles. The van der Waals surface area contributed by atoms with Crippen LogP contribution in [0.1, 0.15) is 22.3 Å². The number of alkyl halides is 4. The van der Waals surface area contributed by atoms with Crippen LogP contribution in [0.3, 0.4) is 0 Å². The monoisotopic (exact) mass is 549 g/mol. The predicted molar refractivity (Wildman–Crippen MR) is 127 cm³/mol. The molecule has 1 aliphatic heterocycles. The zero-order chi connectivity index (χ0) is 25.5. The van der Waals surface area contributed by atoms with E-state index in [1.807, 2.05) is 0 Å². The first-order chi connectivity index (χ1) is 16.6. The number of Topliss-reactive ketones (excluding diaryl/α,β-unsaturated/α-hetero) is 1. The molecule has 35 heavy (non-hydrogen) atoms. The van der Waals surface area contributed by atoms with Crippen LogP contribution in [0.4, 0.5) is 13.2 Å². The third-order valence-corrected chi connectivity index (χ3v) is 7.13. The van der Waals surface area contributed by atoms with E-state index < -0.39 is 39.2 Å². The lowest BCUT2D eigenvalue weighted by Gasteiger charge is -2.38. The first-order valence-corrected chi connectivity index (χ1v) is 11.1. The van der Waals surface area contributed by atoms with Crippen LogP contribution in [0.5, 0.6) is 5.75 Å². The number of rotatable bonds is 5. The molecule has 0 bridgehead atoms. The molecule has 0 spiro atoms. The van der Waals surface area contributed by atoms with Gasteiger partial charge < -0.3 is 19.9 Å². The van der Waals surface area contributed by atoms with Crippen molar-refractivity contribution >= 4 is 44.9 Å². The predicted octanol–water partition coefficient (Wildman–Crippen LogP) is 4.94. The van der Waals surface area contributed by atoms with E-state index in [0.717, 1.165) is 7.11 Å². The summed E-state index contributed by atoms with van der Waals surface area (Å²) in [4.78, 5) is 25.8. The second-order valence-electron chi connectivity index (χ2n) is 7.76. The number of fused-ring (bicyclic) bond motifs is 1.